The van der Waals surface area contributed by atoms with Crippen LogP contribution < -0.4 is 4.74 Å². The first-order chi connectivity index (χ1) is 7.51. The van der Waals surface area contributed by atoms with Gasteiger partial charge in [0.2, 0.25) is 5.75 Å². The molecule has 0 N–H and O–H groups in total. The van der Waals surface area contributed by atoms with Gasteiger partial charge >= 0.3 is 11.7 Å². The number of nitrogens with zero attached hydrogens (tertiary/aromatic N) is 1. The lowest BCUT2D eigenvalue weighted by Gasteiger charge is -2.07. The van der Waals surface area contributed by atoms with Crippen LogP contribution in [0.15, 0.2) is 12.1 Å². The Morgan fingerprint density at radius 3 is 2.50 bits per heavy atom. The number of methoxy groups -OCH3 is 2. The Balaban J connectivity index is 3.48. The van der Waals surface area contributed by atoms with Gasteiger partial charge in [0.25, 0.3) is 0 Å². The maximum absolute atomic E-state index is 11.3. The minimum atomic E-state index is -0.748. The normalized spacial score (nSPS) is 9.69. The molecule has 1 rings (SSSR count). The predicted octanol–water partition coefficient (Wildman–Crippen LogP) is 2.04. The molecule has 0 aliphatic carbocycles. The van der Waals surface area contributed by atoms with Crippen LogP contribution in [-0.2, 0) is 4.74 Å². The van der Waals surface area contributed by atoms with Crippen molar-refractivity contribution >= 4 is 23.3 Å². The number of ether oxygens (including phenoxy) is 2. The summed E-state index contributed by atoms with van der Waals surface area (Å²) in [5.41, 5.74) is -0.459. The fourth-order valence-corrected chi connectivity index (χ4v) is 1.40. The average molecular weight is 246 g/mol. The molecule has 0 aromatic heterocycles. The van der Waals surface area contributed by atoms with Crippen LogP contribution in [0.2, 0.25) is 5.02 Å². The van der Waals surface area contributed by atoms with Gasteiger partial charge in [0, 0.05) is 11.1 Å². The molecular weight excluding hydrogens is 238 g/mol. The molecule has 1 aromatic carbocycles. The zero-order valence-electron chi connectivity index (χ0n) is 8.52. The van der Waals surface area contributed by atoms with Crippen LogP contribution in [0.5, 0.6) is 5.75 Å². The molecule has 0 aliphatic heterocycles. The summed E-state index contributed by atoms with van der Waals surface area (Å²) in [6, 6.07) is 2.35. The lowest BCUT2D eigenvalue weighted by molar-refractivity contribution is -0.385. The van der Waals surface area contributed by atoms with E-state index < -0.39 is 10.9 Å². The van der Waals surface area contributed by atoms with Crippen molar-refractivity contribution in [2.24, 2.45) is 0 Å². The van der Waals surface area contributed by atoms with E-state index in [-0.39, 0.29) is 22.0 Å². The van der Waals surface area contributed by atoms with Gasteiger partial charge in [-0.2, -0.15) is 0 Å². The van der Waals surface area contributed by atoms with Gasteiger partial charge in [-0.3, -0.25) is 10.1 Å². The molecule has 0 radical (unpaired) electrons. The first-order valence-electron chi connectivity index (χ1n) is 4.11. The molecule has 86 valence electrons. The Kier molecular flexibility index (Phi) is 3.68. The van der Waals surface area contributed by atoms with Crippen molar-refractivity contribution in [2.45, 2.75) is 0 Å². The molecule has 6 nitrogen and oxygen atoms in total. The van der Waals surface area contributed by atoms with Gasteiger partial charge in [0.15, 0.2) is 0 Å². The highest BCUT2D eigenvalue weighted by Crippen LogP contribution is 2.34. The van der Waals surface area contributed by atoms with Crippen LogP contribution in [0.4, 0.5) is 5.69 Å². The summed E-state index contributed by atoms with van der Waals surface area (Å²) in [7, 11) is 2.39. The van der Waals surface area contributed by atoms with E-state index in [0.717, 1.165) is 13.2 Å². The number of halogens is 1. The van der Waals surface area contributed by atoms with Crippen LogP contribution >= 0.6 is 11.6 Å². The van der Waals surface area contributed by atoms with Gasteiger partial charge in [-0.15, -0.1) is 0 Å². The van der Waals surface area contributed by atoms with Crippen LogP contribution in [0.3, 0.4) is 0 Å². The van der Waals surface area contributed by atoms with Crippen molar-refractivity contribution in [1.82, 2.24) is 0 Å². The molecule has 0 fully saturated rings. The fraction of sp³-hybridized carbons (Fsp3) is 0.222. The minimum absolute atomic E-state index is 0.0629. The van der Waals surface area contributed by atoms with E-state index in [1.165, 1.54) is 13.2 Å². The molecule has 0 aliphatic rings. The van der Waals surface area contributed by atoms with Gasteiger partial charge < -0.3 is 9.47 Å². The van der Waals surface area contributed by atoms with E-state index in [2.05, 4.69) is 4.74 Å². The number of esters is 1. The molecule has 0 saturated heterocycles. The smallest absolute Gasteiger partial charge is 0.341 e. The van der Waals surface area contributed by atoms with Crippen molar-refractivity contribution in [3.05, 3.63) is 32.8 Å². The zero-order chi connectivity index (χ0) is 12.3. The number of hydrogen-bond donors (Lipinski definition) is 0. The molecule has 16 heavy (non-hydrogen) atoms. The summed E-state index contributed by atoms with van der Waals surface area (Å²) < 4.78 is 9.28. The number of rotatable bonds is 3. The number of hydrogen-bond acceptors (Lipinski definition) is 5. The third-order valence-electron chi connectivity index (χ3n) is 1.84. The van der Waals surface area contributed by atoms with E-state index in [1.54, 1.807) is 0 Å². The van der Waals surface area contributed by atoms with Gasteiger partial charge in [0.05, 0.1) is 19.1 Å². The maximum Gasteiger partial charge on any atom is 0.341 e. The van der Waals surface area contributed by atoms with Crippen LogP contribution in [0, 0.1) is 10.1 Å². The van der Waals surface area contributed by atoms with Crippen LogP contribution in [0.25, 0.3) is 0 Å². The van der Waals surface area contributed by atoms with Crippen molar-refractivity contribution in [1.29, 1.82) is 0 Å². The molecule has 1 aromatic rings. The fourth-order valence-electron chi connectivity index (χ4n) is 1.19. The number of carbonyl (C=O) groups excluding carboxylic acids is 1. The summed E-state index contributed by atoms with van der Waals surface area (Å²) >= 11 is 5.66. The Morgan fingerprint density at radius 2 is 2.06 bits per heavy atom. The van der Waals surface area contributed by atoms with Crippen molar-refractivity contribution in [3.63, 3.8) is 0 Å². The molecule has 0 unspecified atom stereocenters. The third kappa shape index (κ3) is 2.22. The monoisotopic (exact) mass is 245 g/mol. The lowest BCUT2D eigenvalue weighted by Crippen LogP contribution is -2.06. The molecule has 0 spiro atoms. The van der Waals surface area contributed by atoms with Crippen molar-refractivity contribution < 1.29 is 19.2 Å². The van der Waals surface area contributed by atoms with Gasteiger partial charge in [-0.05, 0) is 6.07 Å². The second kappa shape index (κ2) is 4.80. The molecule has 0 saturated carbocycles. The van der Waals surface area contributed by atoms with Crippen LogP contribution in [0.1, 0.15) is 10.4 Å². The van der Waals surface area contributed by atoms with Gasteiger partial charge in [-0.1, -0.05) is 11.6 Å². The first kappa shape index (κ1) is 12.3. The summed E-state index contributed by atoms with van der Waals surface area (Å²) in [6.07, 6.45) is 0. The van der Waals surface area contributed by atoms with Gasteiger partial charge in [0.1, 0.15) is 5.56 Å². The van der Waals surface area contributed by atoms with Crippen LogP contribution in [-0.4, -0.2) is 25.1 Å². The highest BCUT2D eigenvalue weighted by molar-refractivity contribution is 6.31. The van der Waals surface area contributed by atoms with Crippen molar-refractivity contribution in [3.8, 4) is 5.75 Å². The Labute approximate surface area is 95.9 Å². The van der Waals surface area contributed by atoms with Gasteiger partial charge in [-0.25, -0.2) is 4.79 Å². The number of nitro groups is 1. The third-order valence-corrected chi connectivity index (χ3v) is 2.06. The largest absolute Gasteiger partial charge is 0.490 e. The van der Waals surface area contributed by atoms with E-state index in [1.807, 2.05) is 0 Å². The number of carbonyl (C=O) groups is 1. The standard InChI is InChI=1S/C9H8ClNO5/c1-15-8-6(9(12)16-2)3-5(10)4-7(8)11(13)14/h3-4H,1-2H3. The van der Waals surface area contributed by atoms with E-state index in [0.29, 0.717) is 0 Å². The SMILES string of the molecule is COC(=O)c1cc(Cl)cc([N+](=O)[O-])c1OC. The van der Waals surface area contributed by atoms with E-state index >= 15 is 0 Å². The maximum atomic E-state index is 11.3. The van der Waals surface area contributed by atoms with Crippen molar-refractivity contribution in [2.75, 3.05) is 14.2 Å². The summed E-state index contributed by atoms with van der Waals surface area (Å²) in [5, 5.41) is 10.8. The highest BCUT2D eigenvalue weighted by Gasteiger charge is 2.24. The number of nitro benzene ring substituents is 1. The summed E-state index contributed by atoms with van der Waals surface area (Å²) in [6.45, 7) is 0. The molecule has 7 heteroatoms. The average Bonchev–Trinajstić information content (AvgIpc) is 2.26. The first-order valence-corrected chi connectivity index (χ1v) is 4.49. The predicted molar refractivity (Wildman–Crippen MR) is 56.0 cm³/mol. The number of benzene rings is 1. The Hall–Kier alpha value is -1.82. The second-order valence-electron chi connectivity index (χ2n) is 2.75. The zero-order valence-corrected chi connectivity index (χ0v) is 9.28. The Bertz CT molecular complexity index is 446. The second-order valence-corrected chi connectivity index (χ2v) is 3.19. The van der Waals surface area contributed by atoms with E-state index in [4.69, 9.17) is 16.3 Å². The molecule has 0 heterocycles. The highest BCUT2D eigenvalue weighted by atomic mass is 35.5. The molecular formula is C9H8ClNO5. The molecule has 0 bridgehead atoms. The topological polar surface area (TPSA) is 78.7 Å². The molecule has 0 amide bonds. The summed E-state index contributed by atoms with van der Waals surface area (Å²) in [4.78, 5) is 21.4. The Morgan fingerprint density at radius 1 is 1.44 bits per heavy atom. The summed E-state index contributed by atoms with van der Waals surface area (Å²) in [5.74, 6) is -0.913. The van der Waals surface area contributed by atoms with E-state index in [9.17, 15) is 14.9 Å². The quantitative estimate of drug-likeness (QED) is 0.463. The lowest BCUT2D eigenvalue weighted by atomic mass is 10.1. The minimum Gasteiger partial charge on any atom is -0.490 e. The molecule has 0 atom stereocenters.